The number of benzene rings is 1. The van der Waals surface area contributed by atoms with Crippen molar-refractivity contribution in [2.45, 2.75) is 44.9 Å². The van der Waals surface area contributed by atoms with Gasteiger partial charge in [0, 0.05) is 6.54 Å². The van der Waals surface area contributed by atoms with E-state index in [9.17, 15) is 0 Å². The van der Waals surface area contributed by atoms with E-state index in [-0.39, 0.29) is 0 Å². The van der Waals surface area contributed by atoms with Gasteiger partial charge in [-0.2, -0.15) is 0 Å². The molecule has 1 aliphatic carbocycles. The van der Waals surface area contributed by atoms with Gasteiger partial charge in [-0.1, -0.05) is 18.9 Å². The fourth-order valence-corrected chi connectivity index (χ4v) is 4.56. The van der Waals surface area contributed by atoms with Gasteiger partial charge in [-0.15, -0.1) is 0 Å². The van der Waals surface area contributed by atoms with Crippen LogP contribution in [0.15, 0.2) is 18.2 Å². The maximum Gasteiger partial charge on any atom is 0.231 e. The smallest absolute Gasteiger partial charge is 0.231 e. The van der Waals surface area contributed by atoms with Crippen molar-refractivity contribution in [2.75, 3.05) is 19.9 Å². The van der Waals surface area contributed by atoms with Crippen LogP contribution in [0.5, 0.6) is 11.5 Å². The highest BCUT2D eigenvalue weighted by Gasteiger charge is 2.41. The Hall–Kier alpha value is -1.22. The Morgan fingerprint density at radius 3 is 2.81 bits per heavy atom. The highest BCUT2D eigenvalue weighted by Crippen LogP contribution is 2.47. The fraction of sp³-hybridized carbons (Fsp3) is 0.667. The van der Waals surface area contributed by atoms with Crippen LogP contribution in [0.25, 0.3) is 0 Å². The molecule has 0 amide bonds. The lowest BCUT2D eigenvalue weighted by molar-refractivity contribution is 0.171. The average molecular weight is 287 g/mol. The second-order valence-electron chi connectivity index (χ2n) is 6.96. The minimum Gasteiger partial charge on any atom is -0.454 e. The largest absolute Gasteiger partial charge is 0.454 e. The molecule has 1 saturated heterocycles. The molecule has 1 aromatic carbocycles. The Morgan fingerprint density at radius 1 is 1.14 bits per heavy atom. The van der Waals surface area contributed by atoms with Crippen molar-refractivity contribution in [3.8, 4) is 11.5 Å². The zero-order valence-corrected chi connectivity index (χ0v) is 12.7. The lowest BCUT2D eigenvalue weighted by Crippen LogP contribution is -2.32. The van der Waals surface area contributed by atoms with Gasteiger partial charge in [-0.3, -0.25) is 0 Å². The van der Waals surface area contributed by atoms with Crippen molar-refractivity contribution in [2.24, 2.45) is 11.3 Å². The van der Waals surface area contributed by atoms with E-state index in [1.807, 2.05) is 0 Å². The molecular weight excluding hydrogens is 262 g/mol. The predicted molar refractivity (Wildman–Crippen MR) is 82.8 cm³/mol. The first-order valence-corrected chi connectivity index (χ1v) is 8.45. The number of fused-ring (bicyclic) bond motifs is 1. The van der Waals surface area contributed by atoms with Gasteiger partial charge in [0.2, 0.25) is 6.79 Å². The number of nitrogens with one attached hydrogen (secondary N) is 1. The molecule has 0 radical (unpaired) electrons. The zero-order valence-electron chi connectivity index (χ0n) is 12.7. The van der Waals surface area contributed by atoms with Gasteiger partial charge < -0.3 is 14.8 Å². The van der Waals surface area contributed by atoms with Gasteiger partial charge in [0.05, 0.1) is 0 Å². The average Bonchev–Trinajstić information content (AvgIpc) is 3.24. The van der Waals surface area contributed by atoms with E-state index in [2.05, 4.69) is 23.5 Å². The van der Waals surface area contributed by atoms with E-state index in [1.54, 1.807) is 0 Å². The van der Waals surface area contributed by atoms with E-state index >= 15 is 0 Å². The molecule has 3 heteroatoms. The molecule has 114 valence electrons. The molecule has 3 aliphatic rings. The first kappa shape index (κ1) is 13.4. The van der Waals surface area contributed by atoms with Crippen LogP contribution >= 0.6 is 0 Å². The Morgan fingerprint density at radius 2 is 2.00 bits per heavy atom. The highest BCUT2D eigenvalue weighted by atomic mass is 16.7. The van der Waals surface area contributed by atoms with E-state index in [1.165, 1.54) is 57.2 Å². The molecule has 2 aliphatic heterocycles. The van der Waals surface area contributed by atoms with Gasteiger partial charge in [0.25, 0.3) is 0 Å². The Labute approximate surface area is 127 Å². The number of hydrogen-bond donors (Lipinski definition) is 1. The van der Waals surface area contributed by atoms with E-state index < -0.39 is 0 Å². The third-order valence-electron chi connectivity index (χ3n) is 5.85. The van der Waals surface area contributed by atoms with Gasteiger partial charge in [0.1, 0.15) is 0 Å². The summed E-state index contributed by atoms with van der Waals surface area (Å²) < 4.78 is 10.9. The Bertz CT molecular complexity index is 502. The molecule has 3 nitrogen and oxygen atoms in total. The first-order valence-electron chi connectivity index (χ1n) is 8.45. The van der Waals surface area contributed by atoms with E-state index in [0.717, 1.165) is 23.8 Å². The molecule has 21 heavy (non-hydrogen) atoms. The summed E-state index contributed by atoms with van der Waals surface area (Å²) in [4.78, 5) is 0. The highest BCUT2D eigenvalue weighted by molar-refractivity contribution is 5.44. The van der Waals surface area contributed by atoms with Crippen molar-refractivity contribution in [3.63, 3.8) is 0 Å². The number of hydrogen-bond acceptors (Lipinski definition) is 3. The third kappa shape index (κ3) is 2.52. The zero-order chi connectivity index (χ0) is 14.1. The summed E-state index contributed by atoms with van der Waals surface area (Å²) in [5.74, 6) is 2.76. The Balaban J connectivity index is 1.46. The molecule has 0 unspecified atom stereocenters. The molecule has 4 rings (SSSR count). The SMILES string of the molecule is c1cc2c(cc1CC[C@@]1(C3CCCC3)CCNC1)OCO2. The molecule has 1 aromatic rings. The van der Waals surface area contributed by atoms with Crippen LogP contribution in [0.4, 0.5) is 0 Å². The summed E-state index contributed by atoms with van der Waals surface area (Å²) >= 11 is 0. The summed E-state index contributed by atoms with van der Waals surface area (Å²) in [7, 11) is 0. The molecule has 2 fully saturated rings. The number of ether oxygens (including phenoxy) is 2. The van der Waals surface area contributed by atoms with Crippen LogP contribution in [0.2, 0.25) is 0 Å². The fourth-order valence-electron chi connectivity index (χ4n) is 4.56. The van der Waals surface area contributed by atoms with Crippen LogP contribution < -0.4 is 14.8 Å². The second-order valence-corrected chi connectivity index (χ2v) is 6.96. The molecular formula is C18H25NO2. The summed E-state index contributed by atoms with van der Waals surface area (Å²) in [6.45, 7) is 2.80. The molecule has 0 bridgehead atoms. The maximum absolute atomic E-state index is 5.50. The Kier molecular flexibility index (Phi) is 3.54. The summed E-state index contributed by atoms with van der Waals surface area (Å²) in [6.07, 6.45) is 9.61. The number of aryl methyl sites for hydroxylation is 1. The lowest BCUT2D eigenvalue weighted by atomic mass is 9.70. The molecule has 2 heterocycles. The summed E-state index contributed by atoms with van der Waals surface area (Å²) in [5, 5.41) is 3.62. The van der Waals surface area contributed by atoms with Crippen LogP contribution in [0, 0.1) is 11.3 Å². The minimum atomic E-state index is 0.370. The summed E-state index contributed by atoms with van der Waals surface area (Å²) in [6, 6.07) is 6.44. The second kappa shape index (κ2) is 5.53. The van der Waals surface area contributed by atoms with Crippen molar-refractivity contribution in [1.82, 2.24) is 5.32 Å². The monoisotopic (exact) mass is 287 g/mol. The minimum absolute atomic E-state index is 0.370. The van der Waals surface area contributed by atoms with Crippen molar-refractivity contribution in [3.05, 3.63) is 23.8 Å². The van der Waals surface area contributed by atoms with Crippen LogP contribution in [0.1, 0.15) is 44.1 Å². The summed E-state index contributed by atoms with van der Waals surface area (Å²) in [5.41, 5.74) is 1.94. The van der Waals surface area contributed by atoms with Crippen molar-refractivity contribution in [1.29, 1.82) is 0 Å². The van der Waals surface area contributed by atoms with Crippen LogP contribution in [0.3, 0.4) is 0 Å². The first-order chi connectivity index (χ1) is 10.4. The topological polar surface area (TPSA) is 30.5 Å². The molecule has 0 aromatic heterocycles. The van der Waals surface area contributed by atoms with Gasteiger partial charge in [0.15, 0.2) is 11.5 Å². The normalized spacial score (nSPS) is 28.4. The molecule has 1 saturated carbocycles. The van der Waals surface area contributed by atoms with Crippen LogP contribution in [-0.4, -0.2) is 19.9 Å². The lowest BCUT2D eigenvalue weighted by Gasteiger charge is -2.35. The van der Waals surface area contributed by atoms with E-state index in [0.29, 0.717) is 12.2 Å². The van der Waals surface area contributed by atoms with Crippen molar-refractivity contribution < 1.29 is 9.47 Å². The maximum atomic E-state index is 5.50. The molecule has 0 spiro atoms. The van der Waals surface area contributed by atoms with Gasteiger partial charge in [-0.25, -0.2) is 0 Å². The predicted octanol–water partition coefficient (Wildman–Crippen LogP) is 3.52. The standard InChI is InChI=1S/C18H25NO2/c1-2-4-15(3-1)18(9-10-19-12-18)8-7-14-5-6-16-17(11-14)21-13-20-16/h5-6,11,15,19H,1-4,7-10,12-13H2/t18-/m1/s1. The molecule has 1 N–H and O–H groups in total. The quantitative estimate of drug-likeness (QED) is 0.919. The number of rotatable bonds is 4. The molecule has 1 atom stereocenters. The van der Waals surface area contributed by atoms with Gasteiger partial charge >= 0.3 is 0 Å². The van der Waals surface area contributed by atoms with Crippen LogP contribution in [-0.2, 0) is 6.42 Å². The van der Waals surface area contributed by atoms with Crippen molar-refractivity contribution >= 4 is 0 Å². The third-order valence-corrected chi connectivity index (χ3v) is 5.85. The van der Waals surface area contributed by atoms with E-state index in [4.69, 9.17) is 9.47 Å². The van der Waals surface area contributed by atoms with Gasteiger partial charge in [-0.05, 0) is 67.7 Å².